The van der Waals surface area contributed by atoms with E-state index in [1.54, 1.807) is 16.8 Å². The van der Waals surface area contributed by atoms with E-state index in [4.69, 9.17) is 0 Å². The topological polar surface area (TPSA) is 63.1 Å². The van der Waals surface area contributed by atoms with Gasteiger partial charge in [-0.2, -0.15) is 0 Å². The zero-order chi connectivity index (χ0) is 16.1. The van der Waals surface area contributed by atoms with Crippen LogP contribution in [0, 0.1) is 5.41 Å². The van der Waals surface area contributed by atoms with E-state index < -0.39 is 0 Å². The fourth-order valence-corrected chi connectivity index (χ4v) is 4.36. The van der Waals surface area contributed by atoms with Crippen molar-refractivity contribution in [2.45, 2.75) is 64.0 Å². The van der Waals surface area contributed by atoms with E-state index in [9.17, 15) is 9.59 Å². The van der Waals surface area contributed by atoms with Gasteiger partial charge in [0.2, 0.25) is 0 Å². The number of nitrogens with one attached hydrogen (secondary N) is 2. The van der Waals surface area contributed by atoms with Gasteiger partial charge >= 0.3 is 6.03 Å². The van der Waals surface area contributed by atoms with Gasteiger partial charge in [-0.15, -0.1) is 0 Å². The van der Waals surface area contributed by atoms with Crippen LogP contribution in [0.2, 0.25) is 0 Å². The van der Waals surface area contributed by atoms with Crippen LogP contribution in [0.4, 0.5) is 4.79 Å². The molecule has 1 aromatic rings. The second kappa shape index (κ2) is 7.20. The summed E-state index contributed by atoms with van der Waals surface area (Å²) in [7, 11) is 0. The zero-order valence-corrected chi connectivity index (χ0v) is 13.7. The summed E-state index contributed by atoms with van der Waals surface area (Å²) in [5, 5.41) is 6.10. The average molecular weight is 317 g/mol. The standard InChI is InChI=1S/C18H27N3O2/c22-16-8-2-5-13-21(16)14-12-19-17(23)20-15-7-6-11-18(15)9-3-1-4-10-18/h2,5,8,13,15H,1,3-4,6-7,9-12,14H2,(H2,19,20,23). The molecule has 1 atom stereocenters. The predicted molar refractivity (Wildman–Crippen MR) is 90.4 cm³/mol. The van der Waals surface area contributed by atoms with Crippen LogP contribution in [-0.2, 0) is 6.54 Å². The number of hydrogen-bond acceptors (Lipinski definition) is 2. The van der Waals surface area contributed by atoms with E-state index in [1.165, 1.54) is 51.0 Å². The Morgan fingerprint density at radius 2 is 1.96 bits per heavy atom. The first-order valence-corrected chi connectivity index (χ1v) is 8.89. The van der Waals surface area contributed by atoms with Crippen LogP contribution in [0.15, 0.2) is 29.2 Å². The van der Waals surface area contributed by atoms with Gasteiger partial charge in [-0.25, -0.2) is 4.79 Å². The lowest BCUT2D eigenvalue weighted by molar-refractivity contribution is 0.150. The number of pyridine rings is 1. The third-order valence-electron chi connectivity index (χ3n) is 5.60. The molecule has 0 radical (unpaired) electrons. The predicted octanol–water partition coefficient (Wildman–Crippen LogP) is 2.65. The highest BCUT2D eigenvalue weighted by molar-refractivity contribution is 5.74. The largest absolute Gasteiger partial charge is 0.336 e. The molecule has 0 saturated heterocycles. The van der Waals surface area contributed by atoms with E-state index >= 15 is 0 Å². The van der Waals surface area contributed by atoms with Crippen molar-refractivity contribution >= 4 is 6.03 Å². The number of rotatable bonds is 4. The Morgan fingerprint density at radius 3 is 2.74 bits per heavy atom. The normalized spacial score (nSPS) is 22.9. The third kappa shape index (κ3) is 3.77. The quantitative estimate of drug-likeness (QED) is 0.897. The maximum atomic E-state index is 12.2. The summed E-state index contributed by atoms with van der Waals surface area (Å²) in [5.41, 5.74) is 0.318. The first-order valence-electron chi connectivity index (χ1n) is 8.89. The van der Waals surface area contributed by atoms with Crippen molar-refractivity contribution in [2.24, 2.45) is 5.41 Å². The molecule has 1 aromatic heterocycles. The van der Waals surface area contributed by atoms with Crippen molar-refractivity contribution in [3.05, 3.63) is 34.7 Å². The number of nitrogens with zero attached hydrogens (tertiary/aromatic N) is 1. The Kier molecular flexibility index (Phi) is 5.03. The van der Waals surface area contributed by atoms with E-state index in [0.717, 1.165) is 6.42 Å². The van der Waals surface area contributed by atoms with Gasteiger partial charge in [0.15, 0.2) is 0 Å². The van der Waals surface area contributed by atoms with Gasteiger partial charge < -0.3 is 15.2 Å². The van der Waals surface area contributed by atoms with Gasteiger partial charge in [0.1, 0.15) is 0 Å². The molecular weight excluding hydrogens is 290 g/mol. The summed E-state index contributed by atoms with van der Waals surface area (Å²) in [5.74, 6) is 0. The molecule has 0 bridgehead atoms. The van der Waals surface area contributed by atoms with Crippen LogP contribution in [-0.4, -0.2) is 23.2 Å². The fraction of sp³-hybridized carbons (Fsp3) is 0.667. The number of hydrogen-bond donors (Lipinski definition) is 2. The molecule has 2 aliphatic carbocycles. The minimum absolute atomic E-state index is 0.0355. The summed E-state index contributed by atoms with van der Waals surface area (Å²) >= 11 is 0. The van der Waals surface area contributed by atoms with Crippen molar-refractivity contribution < 1.29 is 4.79 Å². The van der Waals surface area contributed by atoms with E-state index in [0.29, 0.717) is 24.5 Å². The minimum Gasteiger partial charge on any atom is -0.336 e. The highest BCUT2D eigenvalue weighted by atomic mass is 16.2. The lowest BCUT2D eigenvalue weighted by Crippen LogP contribution is -2.49. The van der Waals surface area contributed by atoms with Gasteiger partial charge in [0, 0.05) is 31.4 Å². The monoisotopic (exact) mass is 317 g/mol. The van der Waals surface area contributed by atoms with E-state index in [1.807, 2.05) is 6.07 Å². The van der Waals surface area contributed by atoms with Crippen molar-refractivity contribution in [3.63, 3.8) is 0 Å². The molecule has 0 aromatic carbocycles. The molecule has 2 aliphatic rings. The molecule has 5 nitrogen and oxygen atoms in total. The van der Waals surface area contributed by atoms with E-state index in [2.05, 4.69) is 10.6 Å². The molecule has 2 N–H and O–H groups in total. The molecule has 1 spiro atoms. The lowest BCUT2D eigenvalue weighted by atomic mass is 9.70. The first kappa shape index (κ1) is 16.1. The van der Waals surface area contributed by atoms with Gasteiger partial charge in [-0.1, -0.05) is 31.7 Å². The highest BCUT2D eigenvalue weighted by Crippen LogP contribution is 2.48. The maximum absolute atomic E-state index is 12.2. The molecule has 23 heavy (non-hydrogen) atoms. The van der Waals surface area contributed by atoms with Crippen LogP contribution in [0.1, 0.15) is 51.4 Å². The molecule has 2 amide bonds. The molecule has 126 valence electrons. The molecule has 1 unspecified atom stereocenters. The number of aromatic nitrogens is 1. The van der Waals surface area contributed by atoms with Crippen LogP contribution in [0.25, 0.3) is 0 Å². The van der Waals surface area contributed by atoms with Crippen molar-refractivity contribution in [2.75, 3.05) is 6.54 Å². The second-order valence-electron chi connectivity index (χ2n) is 7.00. The van der Waals surface area contributed by atoms with Gasteiger partial charge in [-0.3, -0.25) is 4.79 Å². The highest BCUT2D eigenvalue weighted by Gasteiger charge is 2.43. The molecule has 2 saturated carbocycles. The SMILES string of the molecule is O=C(NCCn1ccccc1=O)NC1CCCC12CCCCC2. The van der Waals surface area contributed by atoms with Gasteiger partial charge in [0.05, 0.1) is 0 Å². The summed E-state index contributed by atoms with van der Waals surface area (Å²) in [6.45, 7) is 0.971. The Morgan fingerprint density at radius 1 is 1.17 bits per heavy atom. The molecule has 1 heterocycles. The Balaban J connectivity index is 1.47. The Labute approximate surface area is 137 Å². The van der Waals surface area contributed by atoms with Gasteiger partial charge in [-0.05, 0) is 37.2 Å². The van der Waals surface area contributed by atoms with Crippen LogP contribution in [0.3, 0.4) is 0 Å². The molecule has 0 aliphatic heterocycles. The number of amides is 2. The molecular formula is C18H27N3O2. The summed E-state index contributed by atoms with van der Waals surface area (Å²) in [6.07, 6.45) is 11.8. The minimum atomic E-state index is -0.0918. The maximum Gasteiger partial charge on any atom is 0.315 e. The lowest BCUT2D eigenvalue weighted by Gasteiger charge is -2.39. The molecule has 2 fully saturated rings. The van der Waals surface area contributed by atoms with Crippen LogP contribution >= 0.6 is 0 Å². The second-order valence-corrected chi connectivity index (χ2v) is 7.00. The van der Waals surface area contributed by atoms with E-state index in [-0.39, 0.29) is 11.6 Å². The number of carbonyl (C=O) groups is 1. The Hall–Kier alpha value is -1.78. The number of carbonyl (C=O) groups excluding carboxylic acids is 1. The summed E-state index contributed by atoms with van der Waals surface area (Å²) in [6, 6.07) is 5.31. The van der Waals surface area contributed by atoms with Crippen molar-refractivity contribution in [3.8, 4) is 0 Å². The average Bonchev–Trinajstić information content (AvgIpc) is 2.92. The fourth-order valence-electron chi connectivity index (χ4n) is 4.36. The Bertz CT molecular complexity index is 590. The van der Waals surface area contributed by atoms with Gasteiger partial charge in [0.25, 0.3) is 5.56 Å². The molecule has 3 rings (SSSR count). The summed E-state index contributed by atoms with van der Waals surface area (Å²) < 4.78 is 1.61. The zero-order valence-electron chi connectivity index (χ0n) is 13.7. The van der Waals surface area contributed by atoms with Crippen molar-refractivity contribution in [1.82, 2.24) is 15.2 Å². The van der Waals surface area contributed by atoms with Crippen LogP contribution < -0.4 is 16.2 Å². The first-order chi connectivity index (χ1) is 11.2. The third-order valence-corrected chi connectivity index (χ3v) is 5.60. The smallest absolute Gasteiger partial charge is 0.315 e. The van der Waals surface area contributed by atoms with Crippen LogP contribution in [0.5, 0.6) is 0 Å². The number of urea groups is 1. The van der Waals surface area contributed by atoms with Crippen molar-refractivity contribution in [1.29, 1.82) is 0 Å². The molecule has 5 heteroatoms. The summed E-state index contributed by atoms with van der Waals surface area (Å²) in [4.78, 5) is 23.8.